The Morgan fingerprint density at radius 1 is 1.17 bits per heavy atom. The summed E-state index contributed by atoms with van der Waals surface area (Å²) in [5, 5.41) is 8.35. The van der Waals surface area contributed by atoms with Gasteiger partial charge in [0, 0.05) is 13.1 Å². The van der Waals surface area contributed by atoms with Crippen LogP contribution >= 0.6 is 0 Å². The summed E-state index contributed by atoms with van der Waals surface area (Å²) in [7, 11) is -7.62. The molecule has 0 aromatic heterocycles. The number of nitrogens with one attached hydrogen (secondary N) is 1. The molecule has 1 saturated heterocycles. The highest BCUT2D eigenvalue weighted by Crippen LogP contribution is 2.24. The van der Waals surface area contributed by atoms with Crippen LogP contribution in [0.5, 0.6) is 0 Å². The van der Waals surface area contributed by atoms with Gasteiger partial charge in [-0.2, -0.15) is 4.31 Å². The van der Waals surface area contributed by atoms with Crippen molar-refractivity contribution >= 4 is 20.0 Å². The minimum atomic E-state index is -3.93. The van der Waals surface area contributed by atoms with Crippen LogP contribution in [-0.2, 0) is 20.0 Å². The van der Waals surface area contributed by atoms with Crippen molar-refractivity contribution in [2.75, 3.05) is 26.2 Å². The Balaban J connectivity index is 2.14. The zero-order valence-corrected chi connectivity index (χ0v) is 14.7. The predicted octanol–water partition coefficient (Wildman–Crippen LogP) is 0.344. The smallest absolute Gasteiger partial charge is 0.243 e. The van der Waals surface area contributed by atoms with E-state index in [4.69, 9.17) is 5.14 Å². The first kappa shape index (κ1) is 18.3. The van der Waals surface area contributed by atoms with Gasteiger partial charge in [0.1, 0.15) is 0 Å². The number of sulfonamides is 2. The lowest BCUT2D eigenvalue weighted by atomic mass is 9.98. The van der Waals surface area contributed by atoms with Crippen LogP contribution in [-0.4, -0.2) is 47.3 Å². The average molecular weight is 361 g/mol. The van der Waals surface area contributed by atoms with E-state index >= 15 is 0 Å². The van der Waals surface area contributed by atoms with Crippen LogP contribution in [0.3, 0.4) is 0 Å². The Hall–Kier alpha value is -1.00. The van der Waals surface area contributed by atoms with Gasteiger partial charge >= 0.3 is 0 Å². The van der Waals surface area contributed by atoms with E-state index in [-0.39, 0.29) is 9.79 Å². The molecule has 0 aliphatic carbocycles. The lowest BCUT2D eigenvalue weighted by molar-refractivity contribution is 0.268. The SMILES string of the molecule is CCNCC1CCN(S(=O)(=O)c2cccc(S(N)(=O)=O)c2)CC1. The number of nitrogens with zero attached hydrogens (tertiary/aromatic N) is 1. The molecule has 7 nitrogen and oxygen atoms in total. The second kappa shape index (κ2) is 7.27. The Morgan fingerprint density at radius 3 is 2.35 bits per heavy atom. The zero-order valence-electron chi connectivity index (χ0n) is 13.1. The molecule has 0 spiro atoms. The third kappa shape index (κ3) is 4.51. The van der Waals surface area contributed by atoms with E-state index < -0.39 is 20.0 Å². The predicted molar refractivity (Wildman–Crippen MR) is 87.8 cm³/mol. The topological polar surface area (TPSA) is 110 Å². The van der Waals surface area contributed by atoms with Crippen LogP contribution in [0.1, 0.15) is 19.8 Å². The molecule has 23 heavy (non-hydrogen) atoms. The average Bonchev–Trinajstić information content (AvgIpc) is 2.52. The zero-order chi connectivity index (χ0) is 17.1. The second-order valence-corrected chi connectivity index (χ2v) is 9.17. The van der Waals surface area contributed by atoms with Gasteiger partial charge in [-0.3, -0.25) is 0 Å². The van der Waals surface area contributed by atoms with Crippen LogP contribution in [0.25, 0.3) is 0 Å². The standard InChI is InChI=1S/C14H23N3O4S2/c1-2-16-11-12-6-8-17(9-7-12)23(20,21)14-5-3-4-13(10-14)22(15,18)19/h3-5,10,12,16H,2,6-9,11H2,1H3,(H2,15,18,19). The van der Waals surface area contributed by atoms with E-state index in [1.54, 1.807) is 0 Å². The number of nitrogens with two attached hydrogens (primary N) is 1. The normalized spacial score (nSPS) is 18.2. The van der Waals surface area contributed by atoms with Gasteiger partial charge < -0.3 is 5.32 Å². The Morgan fingerprint density at radius 2 is 1.78 bits per heavy atom. The number of primary sulfonamides is 1. The lowest BCUT2D eigenvalue weighted by Gasteiger charge is -2.31. The van der Waals surface area contributed by atoms with E-state index in [2.05, 4.69) is 5.32 Å². The molecule has 0 atom stereocenters. The lowest BCUT2D eigenvalue weighted by Crippen LogP contribution is -2.40. The minimum absolute atomic E-state index is 0.0332. The van der Waals surface area contributed by atoms with Gasteiger partial charge in [-0.05, 0) is 50.0 Å². The van der Waals surface area contributed by atoms with Gasteiger partial charge in [-0.15, -0.1) is 0 Å². The van der Waals surface area contributed by atoms with E-state index in [0.717, 1.165) is 32.0 Å². The molecule has 1 aliphatic rings. The summed E-state index contributed by atoms with van der Waals surface area (Å²) in [6.07, 6.45) is 1.59. The van der Waals surface area contributed by atoms with Gasteiger partial charge in [0.2, 0.25) is 20.0 Å². The molecular weight excluding hydrogens is 338 g/mol. The van der Waals surface area contributed by atoms with Crippen molar-refractivity contribution < 1.29 is 16.8 Å². The molecule has 2 rings (SSSR count). The second-order valence-electron chi connectivity index (χ2n) is 5.68. The number of benzene rings is 1. The fourth-order valence-electron chi connectivity index (χ4n) is 2.66. The quantitative estimate of drug-likeness (QED) is 0.759. The first-order chi connectivity index (χ1) is 10.7. The van der Waals surface area contributed by atoms with Crippen molar-refractivity contribution in [2.24, 2.45) is 11.1 Å². The van der Waals surface area contributed by atoms with Gasteiger partial charge in [0.15, 0.2) is 0 Å². The van der Waals surface area contributed by atoms with Crippen molar-refractivity contribution in [3.05, 3.63) is 24.3 Å². The third-order valence-electron chi connectivity index (χ3n) is 4.03. The van der Waals surface area contributed by atoms with Crippen molar-refractivity contribution in [1.29, 1.82) is 0 Å². The molecule has 1 fully saturated rings. The first-order valence-corrected chi connectivity index (χ1v) is 10.6. The van der Waals surface area contributed by atoms with Crippen molar-refractivity contribution in [2.45, 2.75) is 29.6 Å². The monoisotopic (exact) mass is 361 g/mol. The maximum absolute atomic E-state index is 12.7. The fourth-order valence-corrected chi connectivity index (χ4v) is 4.81. The molecule has 0 unspecified atom stereocenters. The molecule has 9 heteroatoms. The first-order valence-electron chi connectivity index (χ1n) is 7.59. The summed E-state index contributed by atoms with van der Waals surface area (Å²) >= 11 is 0. The molecule has 1 aromatic rings. The van der Waals surface area contributed by atoms with Gasteiger partial charge in [0.05, 0.1) is 9.79 Å². The van der Waals surface area contributed by atoms with E-state index in [9.17, 15) is 16.8 Å². The molecule has 0 amide bonds. The van der Waals surface area contributed by atoms with E-state index in [1.807, 2.05) is 6.92 Å². The number of hydrogen-bond donors (Lipinski definition) is 2. The molecule has 0 bridgehead atoms. The van der Waals surface area contributed by atoms with Crippen molar-refractivity contribution in [3.63, 3.8) is 0 Å². The maximum atomic E-state index is 12.7. The fraction of sp³-hybridized carbons (Fsp3) is 0.571. The van der Waals surface area contributed by atoms with Crippen LogP contribution in [0.15, 0.2) is 34.1 Å². The molecule has 3 N–H and O–H groups in total. The Bertz CT molecular complexity index is 739. The highest BCUT2D eigenvalue weighted by molar-refractivity contribution is 7.90. The molecule has 0 saturated carbocycles. The number of rotatable bonds is 6. The maximum Gasteiger partial charge on any atom is 0.243 e. The van der Waals surface area contributed by atoms with Gasteiger partial charge in [-0.1, -0.05) is 13.0 Å². The van der Waals surface area contributed by atoms with Crippen molar-refractivity contribution in [3.8, 4) is 0 Å². The summed E-state index contributed by atoms with van der Waals surface area (Å²) < 4.78 is 49.5. The van der Waals surface area contributed by atoms with Crippen molar-refractivity contribution in [1.82, 2.24) is 9.62 Å². The number of piperidine rings is 1. The number of hydrogen-bond acceptors (Lipinski definition) is 5. The highest BCUT2D eigenvalue weighted by Gasteiger charge is 2.29. The Labute approximate surface area is 138 Å². The largest absolute Gasteiger partial charge is 0.317 e. The van der Waals surface area contributed by atoms with Crippen LogP contribution in [0, 0.1) is 5.92 Å². The summed E-state index contributed by atoms with van der Waals surface area (Å²) in [6, 6.07) is 5.20. The van der Waals surface area contributed by atoms with E-state index in [0.29, 0.717) is 19.0 Å². The molecule has 1 aliphatic heterocycles. The molecule has 130 valence electrons. The summed E-state index contributed by atoms with van der Waals surface area (Å²) in [5.41, 5.74) is 0. The molecule has 1 aromatic carbocycles. The van der Waals surface area contributed by atoms with E-state index in [1.165, 1.54) is 22.5 Å². The summed E-state index contributed by atoms with van der Waals surface area (Å²) in [5.74, 6) is 0.470. The van der Waals surface area contributed by atoms with Crippen LogP contribution in [0.4, 0.5) is 0 Å². The molecular formula is C14H23N3O4S2. The van der Waals surface area contributed by atoms with Gasteiger partial charge in [-0.25, -0.2) is 22.0 Å². The van der Waals surface area contributed by atoms with Gasteiger partial charge in [0.25, 0.3) is 0 Å². The third-order valence-corrected chi connectivity index (χ3v) is 6.83. The molecule has 0 radical (unpaired) electrons. The summed E-state index contributed by atoms with van der Waals surface area (Å²) in [4.78, 5) is -0.227. The minimum Gasteiger partial charge on any atom is -0.317 e. The highest BCUT2D eigenvalue weighted by atomic mass is 32.2. The molecule has 1 heterocycles. The summed E-state index contributed by atoms with van der Waals surface area (Å²) in [6.45, 7) is 4.72. The Kier molecular flexibility index (Phi) is 5.79. The van der Waals surface area contributed by atoms with Crippen LogP contribution < -0.4 is 10.5 Å². The van der Waals surface area contributed by atoms with Crippen LogP contribution in [0.2, 0.25) is 0 Å².